The summed E-state index contributed by atoms with van der Waals surface area (Å²) in [7, 11) is 0. The van der Waals surface area contributed by atoms with Crippen LogP contribution in [0.4, 0.5) is 0 Å². The Kier molecular flexibility index (Phi) is 8.29. The summed E-state index contributed by atoms with van der Waals surface area (Å²) in [5.74, 6) is 1.01. The van der Waals surface area contributed by atoms with Crippen molar-refractivity contribution in [1.82, 2.24) is 9.80 Å². The summed E-state index contributed by atoms with van der Waals surface area (Å²) >= 11 is 5.99. The van der Waals surface area contributed by atoms with Crippen LogP contribution in [0, 0.1) is 5.41 Å². The average Bonchev–Trinajstić information content (AvgIpc) is 2.84. The number of carbonyl (C=O) groups is 1. The molecular formula is C27H35ClN2O3. The van der Waals surface area contributed by atoms with E-state index < -0.39 is 0 Å². The lowest BCUT2D eigenvalue weighted by Crippen LogP contribution is -2.41. The second-order valence-corrected chi connectivity index (χ2v) is 9.97. The lowest BCUT2D eigenvalue weighted by molar-refractivity contribution is -0.131. The molecule has 5 nitrogen and oxygen atoms in total. The Morgan fingerprint density at radius 3 is 2.48 bits per heavy atom. The van der Waals surface area contributed by atoms with Gasteiger partial charge in [0, 0.05) is 30.3 Å². The molecule has 6 heteroatoms. The van der Waals surface area contributed by atoms with Gasteiger partial charge in [-0.3, -0.25) is 9.69 Å². The van der Waals surface area contributed by atoms with E-state index in [1.54, 1.807) is 0 Å². The van der Waals surface area contributed by atoms with Gasteiger partial charge in [-0.05, 0) is 68.0 Å². The van der Waals surface area contributed by atoms with Crippen molar-refractivity contribution in [2.75, 3.05) is 39.4 Å². The first-order chi connectivity index (χ1) is 16.1. The van der Waals surface area contributed by atoms with Gasteiger partial charge < -0.3 is 14.7 Å². The van der Waals surface area contributed by atoms with Crippen LogP contribution in [0.15, 0.2) is 48.5 Å². The van der Waals surface area contributed by atoms with Crippen LogP contribution >= 0.6 is 11.6 Å². The van der Waals surface area contributed by atoms with E-state index in [1.165, 1.54) is 5.56 Å². The van der Waals surface area contributed by atoms with Crippen LogP contribution in [0.1, 0.15) is 43.2 Å². The highest BCUT2D eigenvalue weighted by Gasteiger charge is 2.33. The standard InChI is InChI=1S/C27H35ClN2O3/c28-24-9-7-22(8-10-24)19-26(32)30-14-4-3-11-27(21-31)12-15-29(16-13-27)20-23-5-1-2-6-25(23)33-18-17-30/h1-2,5-10,31H,3-4,11-21H2. The Morgan fingerprint density at radius 2 is 1.73 bits per heavy atom. The minimum Gasteiger partial charge on any atom is -0.491 e. The number of para-hydroxylation sites is 1. The highest BCUT2D eigenvalue weighted by molar-refractivity contribution is 6.30. The predicted octanol–water partition coefficient (Wildman–Crippen LogP) is 4.55. The molecule has 1 saturated heterocycles. The minimum absolute atomic E-state index is 0.0187. The second-order valence-electron chi connectivity index (χ2n) is 9.53. The van der Waals surface area contributed by atoms with Crippen LogP contribution in [0.3, 0.4) is 0 Å². The molecule has 2 aromatic rings. The molecule has 33 heavy (non-hydrogen) atoms. The number of rotatable bonds is 3. The van der Waals surface area contributed by atoms with E-state index >= 15 is 0 Å². The predicted molar refractivity (Wildman–Crippen MR) is 132 cm³/mol. The first-order valence-electron chi connectivity index (χ1n) is 12.1. The molecule has 0 aromatic heterocycles. The van der Waals surface area contributed by atoms with Crippen molar-refractivity contribution in [3.63, 3.8) is 0 Å². The summed E-state index contributed by atoms with van der Waals surface area (Å²) in [5.41, 5.74) is 2.17. The fourth-order valence-corrected chi connectivity index (χ4v) is 5.13. The van der Waals surface area contributed by atoms with Crippen molar-refractivity contribution < 1.29 is 14.6 Å². The maximum absolute atomic E-state index is 13.1. The smallest absolute Gasteiger partial charge is 0.227 e. The number of piperidine rings is 1. The molecule has 3 heterocycles. The third kappa shape index (κ3) is 6.50. The number of hydrogen-bond acceptors (Lipinski definition) is 4. The van der Waals surface area contributed by atoms with Crippen LogP contribution < -0.4 is 4.74 Å². The molecule has 0 unspecified atom stereocenters. The Morgan fingerprint density at radius 1 is 0.970 bits per heavy atom. The van der Waals surface area contributed by atoms with E-state index in [2.05, 4.69) is 17.0 Å². The van der Waals surface area contributed by atoms with Gasteiger partial charge in [0.1, 0.15) is 12.4 Å². The van der Waals surface area contributed by atoms with Gasteiger partial charge in [0.2, 0.25) is 5.91 Å². The Labute approximate surface area is 202 Å². The van der Waals surface area contributed by atoms with Gasteiger partial charge >= 0.3 is 0 Å². The number of aliphatic hydroxyl groups is 1. The summed E-state index contributed by atoms with van der Waals surface area (Å²) in [6.45, 7) is 4.86. The van der Waals surface area contributed by atoms with E-state index in [1.807, 2.05) is 41.3 Å². The van der Waals surface area contributed by atoms with Gasteiger partial charge in [-0.1, -0.05) is 48.4 Å². The maximum atomic E-state index is 13.1. The zero-order valence-electron chi connectivity index (χ0n) is 19.3. The molecule has 1 N–H and O–H groups in total. The number of fused-ring (bicyclic) bond motifs is 9. The van der Waals surface area contributed by atoms with Crippen molar-refractivity contribution in [1.29, 1.82) is 0 Å². The number of ether oxygens (including phenoxy) is 1. The van der Waals surface area contributed by atoms with Crippen LogP contribution in [0.5, 0.6) is 5.75 Å². The van der Waals surface area contributed by atoms with Crippen LogP contribution in [-0.2, 0) is 17.8 Å². The Bertz CT molecular complexity index is 910. The van der Waals surface area contributed by atoms with Gasteiger partial charge in [0.25, 0.3) is 0 Å². The van der Waals surface area contributed by atoms with Crippen molar-refractivity contribution >= 4 is 17.5 Å². The number of nitrogens with zero attached hydrogens (tertiary/aromatic N) is 2. The monoisotopic (exact) mass is 470 g/mol. The molecule has 5 rings (SSSR count). The molecule has 2 aromatic carbocycles. The van der Waals surface area contributed by atoms with Gasteiger partial charge in [-0.2, -0.15) is 0 Å². The number of benzene rings is 2. The molecular weight excluding hydrogens is 436 g/mol. The fraction of sp³-hybridized carbons (Fsp3) is 0.519. The summed E-state index contributed by atoms with van der Waals surface area (Å²) in [5, 5.41) is 10.9. The summed E-state index contributed by atoms with van der Waals surface area (Å²) < 4.78 is 6.18. The summed E-state index contributed by atoms with van der Waals surface area (Å²) in [6.07, 6.45) is 5.38. The summed E-state index contributed by atoms with van der Waals surface area (Å²) in [6, 6.07) is 15.7. The number of hydrogen-bond donors (Lipinski definition) is 1. The van der Waals surface area contributed by atoms with E-state index in [0.29, 0.717) is 31.1 Å². The molecule has 1 fully saturated rings. The SMILES string of the molecule is O=C(Cc1ccc(Cl)cc1)N1CCCCC2(CO)CCN(CC2)Cc2ccccc2OCC1. The van der Waals surface area contributed by atoms with Crippen molar-refractivity contribution in [2.24, 2.45) is 5.41 Å². The van der Waals surface area contributed by atoms with Gasteiger partial charge in [0.05, 0.1) is 13.0 Å². The Hall–Kier alpha value is -2.08. The first kappa shape index (κ1) is 24.1. The molecule has 0 spiro atoms. The molecule has 3 aliphatic rings. The molecule has 178 valence electrons. The fourth-order valence-electron chi connectivity index (χ4n) is 5.01. The molecule has 0 saturated carbocycles. The topological polar surface area (TPSA) is 53.0 Å². The van der Waals surface area contributed by atoms with E-state index in [-0.39, 0.29) is 17.9 Å². The average molecular weight is 471 g/mol. The van der Waals surface area contributed by atoms with Crippen LogP contribution in [0.2, 0.25) is 5.02 Å². The quantitative estimate of drug-likeness (QED) is 0.715. The normalized spacial score (nSPS) is 24.3. The summed E-state index contributed by atoms with van der Waals surface area (Å²) in [4.78, 5) is 17.5. The number of carbonyl (C=O) groups excluding carboxylic acids is 1. The highest BCUT2D eigenvalue weighted by Crippen LogP contribution is 2.37. The van der Waals surface area contributed by atoms with Crippen molar-refractivity contribution in [3.8, 4) is 5.75 Å². The molecule has 0 aliphatic carbocycles. The van der Waals surface area contributed by atoms with Crippen LogP contribution in [0.25, 0.3) is 0 Å². The van der Waals surface area contributed by atoms with E-state index in [4.69, 9.17) is 16.3 Å². The first-order valence-corrected chi connectivity index (χ1v) is 12.5. The number of amides is 1. The Balaban J connectivity index is 1.48. The number of halogens is 1. The largest absolute Gasteiger partial charge is 0.491 e. The minimum atomic E-state index is 0.0187. The van der Waals surface area contributed by atoms with Crippen LogP contribution in [-0.4, -0.2) is 60.2 Å². The van der Waals surface area contributed by atoms with Gasteiger partial charge in [0.15, 0.2) is 0 Å². The van der Waals surface area contributed by atoms with E-state index in [0.717, 1.165) is 63.1 Å². The molecule has 0 atom stereocenters. The molecule has 1 amide bonds. The number of aliphatic hydroxyl groups excluding tert-OH is 1. The van der Waals surface area contributed by atoms with Crippen molar-refractivity contribution in [2.45, 2.75) is 45.1 Å². The lowest BCUT2D eigenvalue weighted by Gasteiger charge is -2.41. The van der Waals surface area contributed by atoms with Gasteiger partial charge in [-0.15, -0.1) is 0 Å². The third-order valence-corrected chi connectivity index (χ3v) is 7.50. The molecule has 0 radical (unpaired) electrons. The zero-order chi connectivity index (χ0) is 23.1. The zero-order valence-corrected chi connectivity index (χ0v) is 20.1. The second kappa shape index (κ2) is 11.4. The van der Waals surface area contributed by atoms with Crippen molar-refractivity contribution in [3.05, 3.63) is 64.7 Å². The van der Waals surface area contributed by atoms with E-state index in [9.17, 15) is 9.90 Å². The third-order valence-electron chi connectivity index (χ3n) is 7.24. The maximum Gasteiger partial charge on any atom is 0.227 e. The lowest BCUT2D eigenvalue weighted by atomic mass is 9.75. The highest BCUT2D eigenvalue weighted by atomic mass is 35.5. The molecule has 2 bridgehead atoms. The van der Waals surface area contributed by atoms with Gasteiger partial charge in [-0.25, -0.2) is 0 Å². The molecule has 3 aliphatic heterocycles.